The highest BCUT2D eigenvalue weighted by atomic mass is 16.4. The molecule has 0 saturated heterocycles. The van der Waals surface area contributed by atoms with E-state index in [0.29, 0.717) is 11.5 Å². The lowest BCUT2D eigenvalue weighted by atomic mass is 10.3. The summed E-state index contributed by atoms with van der Waals surface area (Å²) in [6.45, 7) is 0. The molecule has 0 atom stereocenters. The molecule has 12 heavy (non-hydrogen) atoms. The van der Waals surface area contributed by atoms with Crippen LogP contribution in [0, 0.1) is 0 Å². The van der Waals surface area contributed by atoms with Gasteiger partial charge in [-0.1, -0.05) is 6.07 Å². The van der Waals surface area contributed by atoms with Crippen molar-refractivity contribution in [1.82, 2.24) is 4.98 Å². The minimum atomic E-state index is -0.393. The molecular weight excluding hydrogens is 158 g/mol. The molecule has 2 rings (SSSR count). The van der Waals surface area contributed by atoms with Gasteiger partial charge >= 0.3 is 5.63 Å². The van der Waals surface area contributed by atoms with E-state index in [-0.39, 0.29) is 0 Å². The Bertz CT molecular complexity index is 416. The smallest absolute Gasteiger partial charge is 0.336 e. The minimum Gasteiger partial charge on any atom is -0.451 e. The van der Waals surface area contributed by atoms with Gasteiger partial charge in [0.05, 0.1) is 0 Å². The van der Waals surface area contributed by atoms with Crippen LogP contribution in [0.5, 0.6) is 0 Å². The fourth-order valence-electron chi connectivity index (χ4n) is 0.862. The Labute approximate surface area is 67.5 Å². The first-order chi connectivity index (χ1) is 5.86. The Morgan fingerprint density at radius 3 is 2.92 bits per heavy atom. The molecule has 0 saturated carbocycles. The van der Waals surface area contributed by atoms with Crippen LogP contribution < -0.4 is 5.63 Å². The highest BCUT2D eigenvalue weighted by Gasteiger charge is 2.02. The number of hydrogen-bond donors (Lipinski definition) is 0. The molecule has 0 aliphatic heterocycles. The van der Waals surface area contributed by atoms with E-state index < -0.39 is 5.63 Å². The second-order valence-electron chi connectivity index (χ2n) is 2.18. The van der Waals surface area contributed by atoms with E-state index >= 15 is 0 Å². The van der Waals surface area contributed by atoms with Crippen molar-refractivity contribution < 1.29 is 8.83 Å². The lowest BCUT2D eigenvalue weighted by Gasteiger charge is -1.90. The summed E-state index contributed by atoms with van der Waals surface area (Å²) in [4.78, 5) is 14.6. The lowest BCUT2D eigenvalue weighted by Crippen LogP contribution is -1.94. The summed E-state index contributed by atoms with van der Waals surface area (Å²) in [6, 6.07) is 4.60. The predicted octanol–water partition coefficient (Wildman–Crippen LogP) is 1.29. The molecule has 2 aromatic rings. The zero-order valence-corrected chi connectivity index (χ0v) is 6.06. The summed E-state index contributed by atoms with van der Waals surface area (Å²) >= 11 is 0. The number of rotatable bonds is 1. The summed E-state index contributed by atoms with van der Waals surface area (Å²) in [6.07, 6.45) is 2.70. The third-order valence-corrected chi connectivity index (χ3v) is 1.38. The molecule has 2 aromatic heterocycles. The molecule has 0 aliphatic rings. The Balaban J connectivity index is 2.55. The summed E-state index contributed by atoms with van der Waals surface area (Å²) < 4.78 is 9.58. The molecule has 0 bridgehead atoms. The lowest BCUT2D eigenvalue weighted by molar-refractivity contribution is 0.522. The van der Waals surface area contributed by atoms with E-state index in [2.05, 4.69) is 4.98 Å². The second-order valence-corrected chi connectivity index (χ2v) is 2.18. The molecule has 0 aliphatic carbocycles. The van der Waals surface area contributed by atoms with Gasteiger partial charge in [0.2, 0.25) is 0 Å². The monoisotopic (exact) mass is 163 g/mol. The van der Waals surface area contributed by atoms with Crippen molar-refractivity contribution in [2.45, 2.75) is 0 Å². The van der Waals surface area contributed by atoms with Crippen molar-refractivity contribution in [2.24, 2.45) is 0 Å². The largest absolute Gasteiger partial charge is 0.451 e. The first-order valence-corrected chi connectivity index (χ1v) is 3.35. The van der Waals surface area contributed by atoms with Gasteiger partial charge in [-0.3, -0.25) is 0 Å². The van der Waals surface area contributed by atoms with Gasteiger partial charge in [0.15, 0.2) is 12.2 Å². The predicted molar refractivity (Wildman–Crippen MR) is 40.5 cm³/mol. The summed E-state index contributed by atoms with van der Waals surface area (Å²) in [7, 11) is 0. The Morgan fingerprint density at radius 1 is 1.33 bits per heavy atom. The van der Waals surface area contributed by atoms with Crippen molar-refractivity contribution in [3.63, 3.8) is 0 Å². The fraction of sp³-hybridized carbons (Fsp3) is 0. The second kappa shape index (κ2) is 2.65. The van der Waals surface area contributed by atoms with Crippen molar-refractivity contribution >= 4 is 0 Å². The standard InChI is InChI=1S/C8H5NO3/c10-8-3-1-2-7(12-8)6-4-11-5-9-6/h1-5H. The molecule has 4 nitrogen and oxygen atoms in total. The van der Waals surface area contributed by atoms with Crippen LogP contribution >= 0.6 is 0 Å². The summed E-state index contributed by atoms with van der Waals surface area (Å²) in [5, 5.41) is 0. The highest BCUT2D eigenvalue weighted by molar-refractivity contribution is 5.48. The Kier molecular flexibility index (Phi) is 1.51. The molecule has 0 fully saturated rings. The van der Waals surface area contributed by atoms with Crippen LogP contribution in [-0.4, -0.2) is 4.98 Å². The number of aromatic nitrogens is 1. The van der Waals surface area contributed by atoms with Crippen LogP contribution in [-0.2, 0) is 0 Å². The molecule has 0 unspecified atom stereocenters. The third-order valence-electron chi connectivity index (χ3n) is 1.38. The summed E-state index contributed by atoms with van der Waals surface area (Å²) in [5.74, 6) is 0.413. The van der Waals surface area contributed by atoms with Crippen molar-refractivity contribution in [2.75, 3.05) is 0 Å². The van der Waals surface area contributed by atoms with Gasteiger partial charge in [0, 0.05) is 6.07 Å². The highest BCUT2D eigenvalue weighted by Crippen LogP contribution is 2.13. The van der Waals surface area contributed by atoms with Gasteiger partial charge in [-0.05, 0) is 6.07 Å². The van der Waals surface area contributed by atoms with Gasteiger partial charge in [-0.15, -0.1) is 0 Å². The van der Waals surface area contributed by atoms with E-state index in [1.165, 1.54) is 18.7 Å². The molecule has 0 radical (unpaired) electrons. The van der Waals surface area contributed by atoms with Crippen LogP contribution in [0.25, 0.3) is 11.5 Å². The maximum atomic E-state index is 10.8. The molecule has 2 heterocycles. The minimum absolute atomic E-state index is 0.393. The average Bonchev–Trinajstić information content (AvgIpc) is 2.56. The average molecular weight is 163 g/mol. The van der Waals surface area contributed by atoms with Crippen molar-refractivity contribution in [3.8, 4) is 11.5 Å². The Morgan fingerprint density at radius 2 is 2.25 bits per heavy atom. The third kappa shape index (κ3) is 1.14. The van der Waals surface area contributed by atoms with Gasteiger partial charge in [-0.2, -0.15) is 0 Å². The quantitative estimate of drug-likeness (QED) is 0.635. The first kappa shape index (κ1) is 6.84. The van der Waals surface area contributed by atoms with E-state index in [1.54, 1.807) is 12.1 Å². The van der Waals surface area contributed by atoms with E-state index in [4.69, 9.17) is 8.83 Å². The summed E-state index contributed by atoms with van der Waals surface area (Å²) in [5.41, 5.74) is 0.128. The number of nitrogens with zero attached hydrogens (tertiary/aromatic N) is 1. The van der Waals surface area contributed by atoms with E-state index in [0.717, 1.165) is 0 Å². The van der Waals surface area contributed by atoms with Crippen LogP contribution in [0.3, 0.4) is 0 Å². The van der Waals surface area contributed by atoms with Crippen molar-refractivity contribution in [3.05, 3.63) is 41.3 Å². The zero-order chi connectivity index (χ0) is 8.39. The molecular formula is C8H5NO3. The molecule has 0 aromatic carbocycles. The van der Waals surface area contributed by atoms with E-state index in [1.807, 2.05) is 0 Å². The van der Waals surface area contributed by atoms with Gasteiger partial charge in [-0.25, -0.2) is 9.78 Å². The Hall–Kier alpha value is -1.84. The molecule has 60 valence electrons. The first-order valence-electron chi connectivity index (χ1n) is 3.35. The maximum Gasteiger partial charge on any atom is 0.336 e. The molecule has 4 heteroatoms. The number of hydrogen-bond acceptors (Lipinski definition) is 4. The molecule has 0 N–H and O–H groups in total. The topological polar surface area (TPSA) is 56.2 Å². The van der Waals surface area contributed by atoms with Crippen LogP contribution in [0.15, 0.2) is 44.5 Å². The van der Waals surface area contributed by atoms with E-state index in [9.17, 15) is 4.79 Å². The SMILES string of the molecule is O=c1cccc(-c2cocn2)o1. The van der Waals surface area contributed by atoms with Crippen LogP contribution in [0.4, 0.5) is 0 Å². The van der Waals surface area contributed by atoms with Gasteiger partial charge < -0.3 is 8.83 Å². The van der Waals surface area contributed by atoms with Crippen LogP contribution in [0.2, 0.25) is 0 Å². The van der Waals surface area contributed by atoms with Crippen LogP contribution in [0.1, 0.15) is 0 Å². The van der Waals surface area contributed by atoms with Gasteiger partial charge in [0.25, 0.3) is 0 Å². The van der Waals surface area contributed by atoms with Gasteiger partial charge in [0.1, 0.15) is 12.0 Å². The molecule has 0 spiro atoms. The number of oxazole rings is 1. The normalized spacial score (nSPS) is 10.0. The fourth-order valence-corrected chi connectivity index (χ4v) is 0.862. The van der Waals surface area contributed by atoms with Crippen molar-refractivity contribution in [1.29, 1.82) is 0 Å². The zero-order valence-electron chi connectivity index (χ0n) is 6.06. The maximum absolute atomic E-state index is 10.8. The molecule has 0 amide bonds.